The third kappa shape index (κ3) is 1.98. The van der Waals surface area contributed by atoms with E-state index in [-0.39, 0.29) is 11.7 Å². The van der Waals surface area contributed by atoms with Crippen molar-refractivity contribution in [3.63, 3.8) is 0 Å². The van der Waals surface area contributed by atoms with Crippen molar-refractivity contribution >= 4 is 11.0 Å². The molecule has 0 aromatic carbocycles. The summed E-state index contributed by atoms with van der Waals surface area (Å²) in [6.07, 6.45) is 6.82. The molecule has 2 aromatic heterocycles. The Morgan fingerprint density at radius 1 is 1.53 bits per heavy atom. The summed E-state index contributed by atoms with van der Waals surface area (Å²) in [4.78, 5) is 19.3. The number of fused-ring (bicyclic) bond motifs is 1. The van der Waals surface area contributed by atoms with Crippen molar-refractivity contribution in [3.8, 4) is 0 Å². The van der Waals surface area contributed by atoms with Gasteiger partial charge >= 0.3 is 0 Å². The maximum Gasteiger partial charge on any atom is 0.277 e. The molecule has 0 spiro atoms. The number of aromatic amines is 1. The van der Waals surface area contributed by atoms with Gasteiger partial charge in [-0.05, 0) is 25.3 Å². The lowest BCUT2D eigenvalue weighted by Gasteiger charge is -2.22. The van der Waals surface area contributed by atoms with Gasteiger partial charge in [-0.2, -0.15) is 0 Å². The minimum atomic E-state index is -0.0193. The van der Waals surface area contributed by atoms with E-state index in [1.807, 2.05) is 0 Å². The van der Waals surface area contributed by atoms with Crippen molar-refractivity contribution in [2.75, 3.05) is 6.61 Å². The lowest BCUT2D eigenvalue weighted by atomic mass is 10.1. The summed E-state index contributed by atoms with van der Waals surface area (Å²) in [6, 6.07) is 1.80. The Morgan fingerprint density at radius 3 is 3.29 bits per heavy atom. The first-order valence-electron chi connectivity index (χ1n) is 5.99. The Kier molecular flexibility index (Phi) is 2.68. The number of H-pyrrole nitrogens is 1. The predicted molar refractivity (Wildman–Crippen MR) is 63.9 cm³/mol. The highest BCUT2D eigenvalue weighted by molar-refractivity contribution is 5.73. The number of nitrogens with zero attached hydrogens (tertiary/aromatic N) is 2. The van der Waals surface area contributed by atoms with E-state index in [0.717, 1.165) is 25.0 Å². The van der Waals surface area contributed by atoms with Crippen LogP contribution in [0.1, 0.15) is 19.3 Å². The summed E-state index contributed by atoms with van der Waals surface area (Å²) in [6.45, 7) is 1.40. The van der Waals surface area contributed by atoms with E-state index >= 15 is 0 Å². The number of nitrogens with one attached hydrogen (secondary N) is 1. The fourth-order valence-corrected chi connectivity index (χ4v) is 2.27. The average molecular weight is 233 g/mol. The van der Waals surface area contributed by atoms with E-state index in [1.54, 1.807) is 23.2 Å². The fourth-order valence-electron chi connectivity index (χ4n) is 2.27. The summed E-state index contributed by atoms with van der Waals surface area (Å²) in [7, 11) is 0. The highest BCUT2D eigenvalue weighted by Crippen LogP contribution is 2.14. The maximum atomic E-state index is 12.1. The molecule has 0 amide bonds. The molecule has 3 heterocycles. The Balaban J connectivity index is 1.89. The van der Waals surface area contributed by atoms with E-state index in [0.29, 0.717) is 12.1 Å². The van der Waals surface area contributed by atoms with E-state index < -0.39 is 0 Å². The zero-order valence-electron chi connectivity index (χ0n) is 9.56. The molecule has 1 saturated heterocycles. The van der Waals surface area contributed by atoms with Crippen molar-refractivity contribution in [2.45, 2.75) is 31.9 Å². The van der Waals surface area contributed by atoms with E-state index in [4.69, 9.17) is 4.74 Å². The number of rotatable bonds is 2. The summed E-state index contributed by atoms with van der Waals surface area (Å²) < 4.78 is 7.27. The van der Waals surface area contributed by atoms with Crippen molar-refractivity contribution in [3.05, 3.63) is 28.9 Å². The van der Waals surface area contributed by atoms with Crippen LogP contribution in [0.3, 0.4) is 0 Å². The van der Waals surface area contributed by atoms with Gasteiger partial charge in [0.2, 0.25) is 0 Å². The van der Waals surface area contributed by atoms with Gasteiger partial charge in [-0.1, -0.05) is 0 Å². The maximum absolute atomic E-state index is 12.1. The topological polar surface area (TPSA) is 59.9 Å². The number of hydrogen-bond donors (Lipinski definition) is 1. The lowest BCUT2D eigenvalue weighted by molar-refractivity contribution is 0.00535. The van der Waals surface area contributed by atoms with Gasteiger partial charge in [0.15, 0.2) is 0 Å². The normalized spacial score (nSPS) is 20.8. The first-order chi connectivity index (χ1) is 8.34. The molecule has 1 N–H and O–H groups in total. The summed E-state index contributed by atoms with van der Waals surface area (Å²) in [5.41, 5.74) is 1.27. The number of ether oxygens (including phenoxy) is 1. The fraction of sp³-hybridized carbons (Fsp3) is 0.500. The summed E-state index contributed by atoms with van der Waals surface area (Å²) in [5, 5.41) is 0. The van der Waals surface area contributed by atoms with Crippen molar-refractivity contribution in [1.82, 2.24) is 14.5 Å². The van der Waals surface area contributed by atoms with Gasteiger partial charge in [0.05, 0.1) is 24.5 Å². The molecule has 1 atom stereocenters. The molecule has 2 aromatic rings. The molecule has 90 valence electrons. The van der Waals surface area contributed by atoms with Crippen LogP contribution in [0.25, 0.3) is 11.0 Å². The largest absolute Gasteiger partial charge is 0.376 e. The first kappa shape index (κ1) is 10.5. The molecular formula is C12H15N3O2. The first-order valence-corrected chi connectivity index (χ1v) is 5.99. The van der Waals surface area contributed by atoms with Crippen molar-refractivity contribution in [1.29, 1.82) is 0 Å². The molecular weight excluding hydrogens is 218 g/mol. The zero-order chi connectivity index (χ0) is 11.7. The van der Waals surface area contributed by atoms with Gasteiger partial charge in [0.1, 0.15) is 5.52 Å². The van der Waals surface area contributed by atoms with Gasteiger partial charge in [-0.3, -0.25) is 9.36 Å². The second kappa shape index (κ2) is 4.33. The highest BCUT2D eigenvalue weighted by Gasteiger charge is 2.15. The monoisotopic (exact) mass is 233 g/mol. The molecule has 1 unspecified atom stereocenters. The molecule has 0 radical (unpaired) electrons. The highest BCUT2D eigenvalue weighted by atomic mass is 16.5. The minimum absolute atomic E-state index is 0.0193. The van der Waals surface area contributed by atoms with Crippen LogP contribution in [-0.2, 0) is 11.3 Å². The van der Waals surface area contributed by atoms with Crippen LogP contribution >= 0.6 is 0 Å². The zero-order valence-corrected chi connectivity index (χ0v) is 9.56. The number of aromatic nitrogens is 3. The third-order valence-electron chi connectivity index (χ3n) is 3.21. The molecule has 1 aliphatic rings. The molecule has 17 heavy (non-hydrogen) atoms. The molecule has 5 nitrogen and oxygen atoms in total. The minimum Gasteiger partial charge on any atom is -0.376 e. The molecule has 1 fully saturated rings. The van der Waals surface area contributed by atoms with Crippen molar-refractivity contribution < 1.29 is 4.74 Å². The van der Waals surface area contributed by atoms with Crippen LogP contribution in [0, 0.1) is 0 Å². The summed E-state index contributed by atoms with van der Waals surface area (Å²) >= 11 is 0. The van der Waals surface area contributed by atoms with Crippen LogP contribution in [0.5, 0.6) is 0 Å². The Bertz CT molecular complexity index is 566. The molecule has 5 heteroatoms. The molecule has 1 aliphatic heterocycles. The smallest absolute Gasteiger partial charge is 0.277 e. The summed E-state index contributed by atoms with van der Waals surface area (Å²) in [5.74, 6) is 0. The van der Waals surface area contributed by atoms with Gasteiger partial charge < -0.3 is 9.72 Å². The van der Waals surface area contributed by atoms with Crippen LogP contribution in [0.2, 0.25) is 0 Å². The molecule has 3 rings (SSSR count). The van der Waals surface area contributed by atoms with Gasteiger partial charge in [0, 0.05) is 12.8 Å². The second-order valence-corrected chi connectivity index (χ2v) is 4.43. The lowest BCUT2D eigenvalue weighted by Crippen LogP contribution is -2.30. The van der Waals surface area contributed by atoms with Gasteiger partial charge in [-0.15, -0.1) is 0 Å². The quantitative estimate of drug-likeness (QED) is 0.850. The Hall–Kier alpha value is -1.62. The van der Waals surface area contributed by atoms with E-state index in [9.17, 15) is 4.79 Å². The van der Waals surface area contributed by atoms with Crippen molar-refractivity contribution in [2.24, 2.45) is 0 Å². The molecule has 0 aliphatic carbocycles. The average Bonchev–Trinajstić information content (AvgIpc) is 2.83. The molecule has 0 saturated carbocycles. The third-order valence-corrected chi connectivity index (χ3v) is 3.21. The van der Waals surface area contributed by atoms with Crippen LogP contribution in [-0.4, -0.2) is 27.2 Å². The van der Waals surface area contributed by atoms with Crippen LogP contribution < -0.4 is 5.56 Å². The number of hydrogen-bond acceptors (Lipinski definition) is 3. The predicted octanol–water partition coefficient (Wildman–Crippen LogP) is 1.29. The second-order valence-electron chi connectivity index (χ2n) is 4.43. The molecule has 0 bridgehead atoms. The standard InChI is InChI=1S/C12H15N3O2/c16-12-11-10(4-5-13-11)14-8-15(12)7-9-3-1-2-6-17-9/h4-5,8-9,13H,1-3,6-7H2. The van der Waals surface area contributed by atoms with Gasteiger partial charge in [-0.25, -0.2) is 4.98 Å². The van der Waals surface area contributed by atoms with Gasteiger partial charge in [0.25, 0.3) is 5.56 Å². The van der Waals surface area contributed by atoms with Crippen LogP contribution in [0.15, 0.2) is 23.4 Å². The van der Waals surface area contributed by atoms with E-state index in [2.05, 4.69) is 9.97 Å². The Labute approximate surface area is 98.4 Å². The van der Waals surface area contributed by atoms with Crippen LogP contribution in [0.4, 0.5) is 0 Å². The Morgan fingerprint density at radius 2 is 2.47 bits per heavy atom. The SMILES string of the molecule is O=c1c2[nH]ccc2ncn1CC1CCCCO1. The van der Waals surface area contributed by atoms with E-state index in [1.165, 1.54) is 6.42 Å².